The summed E-state index contributed by atoms with van der Waals surface area (Å²) < 4.78 is 18.4. The lowest BCUT2D eigenvalue weighted by molar-refractivity contribution is -0.0893. The maximum Gasteiger partial charge on any atom is 0.309 e. The number of hydrogen-bond acceptors (Lipinski definition) is 5. The summed E-state index contributed by atoms with van der Waals surface area (Å²) in [5.74, 6) is 0.589. The van der Waals surface area contributed by atoms with Gasteiger partial charge in [0.05, 0.1) is 11.2 Å². The largest absolute Gasteiger partial charge is 0.456 e. The highest BCUT2D eigenvalue weighted by Crippen LogP contribution is 2.34. The lowest BCUT2D eigenvalue weighted by Gasteiger charge is -2.37. The van der Waals surface area contributed by atoms with E-state index in [1.165, 1.54) is 5.39 Å². The number of oxazole rings is 1. The van der Waals surface area contributed by atoms with E-state index in [-0.39, 0.29) is 0 Å². The first-order chi connectivity index (χ1) is 16.7. The Bertz CT molecular complexity index is 1720. The summed E-state index contributed by atoms with van der Waals surface area (Å²) in [6.07, 6.45) is 0. The number of nitrogens with zero attached hydrogens (tertiary/aromatic N) is 1. The average molecular weight is 463 g/mol. The molecule has 0 saturated heterocycles. The van der Waals surface area contributed by atoms with Gasteiger partial charge in [0.2, 0.25) is 5.89 Å². The van der Waals surface area contributed by atoms with Crippen molar-refractivity contribution in [1.29, 1.82) is 0 Å². The maximum absolute atomic E-state index is 10.4. The van der Waals surface area contributed by atoms with Crippen LogP contribution >= 0.6 is 0 Å². The lowest BCUT2D eigenvalue weighted by atomic mass is 9.82. The van der Waals surface area contributed by atoms with Crippen molar-refractivity contribution < 1.29 is 18.6 Å². The minimum atomic E-state index is -0.958. The van der Waals surface area contributed by atoms with Crippen molar-refractivity contribution in [2.45, 2.75) is 38.9 Å². The highest BCUT2D eigenvalue weighted by molar-refractivity contribution is 6.47. The number of rotatable bonds is 5. The molecule has 0 atom stereocenters. The summed E-state index contributed by atoms with van der Waals surface area (Å²) in [4.78, 5) is 4.74. The monoisotopic (exact) mass is 463 g/mol. The van der Waals surface area contributed by atoms with Crippen LogP contribution in [0.5, 0.6) is 0 Å². The molecular formula is C29H26BNO4. The van der Waals surface area contributed by atoms with E-state index in [4.69, 9.17) is 18.5 Å². The zero-order valence-corrected chi connectivity index (χ0v) is 20.3. The van der Waals surface area contributed by atoms with Gasteiger partial charge in [0.1, 0.15) is 16.7 Å². The van der Waals surface area contributed by atoms with E-state index in [9.17, 15) is 5.11 Å². The molecule has 6 heteroatoms. The van der Waals surface area contributed by atoms with Gasteiger partial charge in [-0.1, -0.05) is 47.9 Å². The van der Waals surface area contributed by atoms with Crippen LogP contribution in [0.4, 0.5) is 0 Å². The van der Waals surface area contributed by atoms with Gasteiger partial charge in [-0.3, -0.25) is 0 Å². The van der Waals surface area contributed by atoms with Crippen LogP contribution in [0, 0.1) is 0 Å². The highest BCUT2D eigenvalue weighted by Gasteiger charge is 2.35. The van der Waals surface area contributed by atoms with Gasteiger partial charge < -0.3 is 18.6 Å². The molecule has 0 aliphatic carbocycles. The quantitative estimate of drug-likeness (QED) is 0.314. The van der Waals surface area contributed by atoms with Gasteiger partial charge in [0, 0.05) is 22.4 Å². The molecule has 6 aromatic rings. The Morgan fingerprint density at radius 2 is 1.54 bits per heavy atom. The lowest BCUT2D eigenvalue weighted by Crippen LogP contribution is -2.49. The second-order valence-electron chi connectivity index (χ2n) is 10.2. The fourth-order valence-corrected chi connectivity index (χ4v) is 4.22. The first-order valence-corrected chi connectivity index (χ1v) is 11.8. The zero-order valence-electron chi connectivity index (χ0n) is 20.3. The van der Waals surface area contributed by atoms with Crippen LogP contribution in [-0.4, -0.2) is 28.8 Å². The third kappa shape index (κ3) is 3.79. The standard InChI is InChI=1S/C29H26BNO4/c1-28(2,32)29(3,4)35-30-20-11-12-24-21(14-20)22-15-26-23(16-25(22)33-24)31-27(34-26)19-10-9-17-7-5-6-8-18(17)13-19/h5-16,30,32H,1-4H3. The zero-order chi connectivity index (χ0) is 24.4. The minimum Gasteiger partial charge on any atom is -0.456 e. The molecule has 0 radical (unpaired) electrons. The van der Waals surface area contributed by atoms with Crippen LogP contribution in [0.3, 0.4) is 0 Å². The summed E-state index contributed by atoms with van der Waals surface area (Å²) in [5.41, 5.74) is 3.34. The predicted molar refractivity (Wildman–Crippen MR) is 142 cm³/mol. The van der Waals surface area contributed by atoms with Gasteiger partial charge in [-0.05, 0) is 62.7 Å². The molecule has 0 bridgehead atoms. The van der Waals surface area contributed by atoms with E-state index >= 15 is 0 Å². The van der Waals surface area contributed by atoms with Crippen LogP contribution in [0.2, 0.25) is 0 Å². The number of hydrogen-bond donors (Lipinski definition) is 1. The molecular weight excluding hydrogens is 437 g/mol. The van der Waals surface area contributed by atoms with Gasteiger partial charge in [-0.2, -0.15) is 0 Å². The Kier molecular flexibility index (Phi) is 4.82. The van der Waals surface area contributed by atoms with Crippen LogP contribution in [0.1, 0.15) is 27.7 Å². The number of benzene rings is 4. The third-order valence-corrected chi connectivity index (χ3v) is 7.11. The fraction of sp³-hybridized carbons (Fsp3) is 0.207. The second kappa shape index (κ2) is 7.70. The smallest absolute Gasteiger partial charge is 0.309 e. The number of aromatic nitrogens is 1. The fourth-order valence-electron chi connectivity index (χ4n) is 4.22. The Balaban J connectivity index is 1.38. The summed E-state index contributed by atoms with van der Waals surface area (Å²) in [7, 11) is 0.385. The van der Waals surface area contributed by atoms with Gasteiger partial charge in [0.15, 0.2) is 5.58 Å². The average Bonchev–Trinajstić information content (AvgIpc) is 3.40. The van der Waals surface area contributed by atoms with E-state index in [0.29, 0.717) is 19.0 Å². The molecule has 2 heterocycles. The predicted octanol–water partition coefficient (Wildman–Crippen LogP) is 6.09. The van der Waals surface area contributed by atoms with Crippen molar-refractivity contribution in [2.24, 2.45) is 0 Å². The van der Waals surface area contributed by atoms with Crippen molar-refractivity contribution in [1.82, 2.24) is 4.98 Å². The van der Waals surface area contributed by atoms with Crippen LogP contribution in [0.15, 0.2) is 81.6 Å². The Labute approximate surface area is 203 Å². The molecule has 0 spiro atoms. The molecule has 6 rings (SSSR count). The van der Waals surface area contributed by atoms with Crippen molar-refractivity contribution in [2.75, 3.05) is 0 Å². The molecule has 0 unspecified atom stereocenters. The van der Waals surface area contributed by atoms with E-state index in [2.05, 4.69) is 30.3 Å². The summed E-state index contributed by atoms with van der Waals surface area (Å²) in [6.45, 7) is 7.31. The number of furan rings is 1. The molecule has 1 N–H and O–H groups in total. The van der Waals surface area contributed by atoms with E-state index in [0.717, 1.165) is 43.9 Å². The van der Waals surface area contributed by atoms with E-state index < -0.39 is 11.2 Å². The molecule has 0 aliphatic rings. The van der Waals surface area contributed by atoms with Crippen LogP contribution in [-0.2, 0) is 4.65 Å². The summed E-state index contributed by atoms with van der Waals surface area (Å²) in [5, 5.41) is 14.7. The summed E-state index contributed by atoms with van der Waals surface area (Å²) >= 11 is 0. The molecule has 0 aliphatic heterocycles. The van der Waals surface area contributed by atoms with E-state index in [1.807, 2.05) is 56.3 Å². The maximum atomic E-state index is 10.4. The third-order valence-electron chi connectivity index (χ3n) is 7.11. The molecule has 35 heavy (non-hydrogen) atoms. The van der Waals surface area contributed by atoms with Gasteiger partial charge in [0.25, 0.3) is 0 Å². The van der Waals surface area contributed by atoms with Gasteiger partial charge in [-0.15, -0.1) is 0 Å². The van der Waals surface area contributed by atoms with Gasteiger partial charge >= 0.3 is 7.48 Å². The van der Waals surface area contributed by atoms with Gasteiger partial charge in [-0.25, -0.2) is 4.98 Å². The Morgan fingerprint density at radius 1 is 0.771 bits per heavy atom. The van der Waals surface area contributed by atoms with Crippen LogP contribution in [0.25, 0.3) is 55.3 Å². The molecule has 0 fully saturated rings. The molecule has 0 amide bonds. The first-order valence-electron chi connectivity index (χ1n) is 11.8. The van der Waals surface area contributed by atoms with Crippen molar-refractivity contribution in [3.8, 4) is 11.5 Å². The summed E-state index contributed by atoms with van der Waals surface area (Å²) in [6, 6.07) is 24.4. The molecule has 0 saturated carbocycles. The van der Waals surface area contributed by atoms with Crippen LogP contribution < -0.4 is 5.46 Å². The Hall–Kier alpha value is -3.61. The Morgan fingerprint density at radius 3 is 2.34 bits per heavy atom. The molecule has 4 aromatic carbocycles. The van der Waals surface area contributed by atoms with E-state index in [1.54, 1.807) is 13.8 Å². The highest BCUT2D eigenvalue weighted by atomic mass is 16.5. The second-order valence-corrected chi connectivity index (χ2v) is 10.2. The van der Waals surface area contributed by atoms with Crippen molar-refractivity contribution in [3.63, 3.8) is 0 Å². The molecule has 174 valence electrons. The molecule has 5 nitrogen and oxygen atoms in total. The molecule has 2 aromatic heterocycles. The van der Waals surface area contributed by atoms with Crippen molar-refractivity contribution in [3.05, 3.63) is 72.8 Å². The SMILES string of the molecule is CC(C)(O)C(C)(C)OBc1ccc2oc3cc4nc(-c5ccc6ccccc6c5)oc4cc3c2c1. The number of fused-ring (bicyclic) bond motifs is 5. The van der Waals surface area contributed by atoms with Crippen molar-refractivity contribution >= 4 is 56.8 Å². The topological polar surface area (TPSA) is 68.6 Å². The number of aliphatic hydroxyl groups is 1. The normalized spacial score (nSPS) is 12.8. The minimum absolute atomic E-state index is 0.385. The first kappa shape index (κ1) is 21.9.